The zero-order valence-electron chi connectivity index (χ0n) is 16.0. The van der Waals surface area contributed by atoms with Gasteiger partial charge in [0, 0.05) is 5.69 Å². The first-order chi connectivity index (χ1) is 14.4. The predicted octanol–water partition coefficient (Wildman–Crippen LogP) is 5.45. The Hall–Kier alpha value is -2.84. The summed E-state index contributed by atoms with van der Waals surface area (Å²) < 4.78 is 14.4. The lowest BCUT2D eigenvalue weighted by molar-refractivity contribution is -0.120. The van der Waals surface area contributed by atoms with Gasteiger partial charge in [0.2, 0.25) is 11.8 Å². The summed E-state index contributed by atoms with van der Waals surface area (Å²) >= 11 is 4.95. The molecule has 0 bridgehead atoms. The number of aryl methyl sites for hydroxylation is 1. The molecule has 3 aromatic rings. The molecule has 1 aliphatic heterocycles. The van der Waals surface area contributed by atoms with Crippen LogP contribution in [0.3, 0.4) is 0 Å². The molecule has 0 atom stereocenters. The van der Waals surface area contributed by atoms with Gasteiger partial charge in [-0.3, -0.25) is 9.59 Å². The van der Waals surface area contributed by atoms with Gasteiger partial charge in [-0.25, -0.2) is 9.38 Å². The highest BCUT2D eigenvalue weighted by Gasteiger charge is 2.27. The molecular formula is C22H17BrFN3O2S. The first-order valence-corrected chi connectivity index (χ1v) is 10.8. The highest BCUT2D eigenvalue weighted by Crippen LogP contribution is 2.34. The molecule has 1 aliphatic rings. The number of hydrogen-bond acceptors (Lipinski definition) is 4. The molecule has 30 heavy (non-hydrogen) atoms. The first-order valence-electron chi connectivity index (χ1n) is 9.19. The molecule has 4 rings (SSSR count). The smallest absolute Gasteiger partial charge is 0.244 e. The zero-order valence-corrected chi connectivity index (χ0v) is 18.4. The van der Waals surface area contributed by atoms with Gasteiger partial charge in [0.05, 0.1) is 32.2 Å². The Kier molecular flexibility index (Phi) is 5.78. The van der Waals surface area contributed by atoms with Crippen LogP contribution in [0.25, 0.3) is 0 Å². The van der Waals surface area contributed by atoms with Gasteiger partial charge in [0.1, 0.15) is 12.4 Å². The number of thiophene rings is 1. The molecule has 0 radical (unpaired) electrons. The van der Waals surface area contributed by atoms with Gasteiger partial charge in [-0.15, -0.1) is 11.3 Å². The number of nitrogens with one attached hydrogen (secondary N) is 1. The number of anilines is 2. The normalized spacial score (nSPS) is 13.5. The van der Waals surface area contributed by atoms with Crippen LogP contribution in [0.1, 0.15) is 16.9 Å². The molecular weight excluding hydrogens is 469 g/mol. The van der Waals surface area contributed by atoms with E-state index in [1.165, 1.54) is 28.4 Å². The van der Waals surface area contributed by atoms with Crippen LogP contribution < -0.4 is 10.2 Å². The number of nitrogens with zero attached hydrogens (tertiary/aromatic N) is 2. The van der Waals surface area contributed by atoms with Crippen molar-refractivity contribution in [2.45, 2.75) is 13.3 Å². The molecule has 152 valence electrons. The zero-order chi connectivity index (χ0) is 21.3. The average Bonchev–Trinajstić information content (AvgIpc) is 3.09. The third kappa shape index (κ3) is 4.34. The van der Waals surface area contributed by atoms with Crippen molar-refractivity contribution < 1.29 is 14.0 Å². The fraction of sp³-hybridized carbons (Fsp3) is 0.136. The third-order valence-electron chi connectivity index (χ3n) is 4.65. The lowest BCUT2D eigenvalue weighted by Crippen LogP contribution is -2.38. The lowest BCUT2D eigenvalue weighted by atomic mass is 10.2. The Morgan fingerprint density at radius 2 is 2.03 bits per heavy atom. The van der Waals surface area contributed by atoms with Crippen LogP contribution in [-0.2, 0) is 9.59 Å². The number of carbonyl (C=O) groups is 2. The molecule has 5 nitrogen and oxygen atoms in total. The van der Waals surface area contributed by atoms with Gasteiger partial charge < -0.3 is 10.2 Å². The number of aliphatic imine (C=N–C) groups is 1. The molecule has 2 amide bonds. The Bertz CT molecular complexity index is 1170. The van der Waals surface area contributed by atoms with Crippen LogP contribution in [-0.4, -0.2) is 24.1 Å². The molecule has 0 saturated heterocycles. The summed E-state index contributed by atoms with van der Waals surface area (Å²) in [5.74, 6) is -0.922. The van der Waals surface area contributed by atoms with Crippen molar-refractivity contribution in [3.8, 4) is 0 Å². The van der Waals surface area contributed by atoms with Crippen molar-refractivity contribution in [3.05, 3.63) is 74.6 Å². The van der Waals surface area contributed by atoms with E-state index in [-0.39, 0.29) is 30.6 Å². The highest BCUT2D eigenvalue weighted by atomic mass is 79.9. The fourth-order valence-corrected chi connectivity index (χ4v) is 4.57. The summed E-state index contributed by atoms with van der Waals surface area (Å²) in [4.78, 5) is 32.8. The van der Waals surface area contributed by atoms with Crippen molar-refractivity contribution in [3.63, 3.8) is 0 Å². The maximum atomic E-state index is 13.5. The van der Waals surface area contributed by atoms with Crippen LogP contribution in [0.5, 0.6) is 0 Å². The van der Waals surface area contributed by atoms with Gasteiger partial charge in [-0.05, 0) is 70.9 Å². The molecule has 0 fully saturated rings. The molecule has 1 N–H and O–H groups in total. The number of halogens is 2. The summed E-state index contributed by atoms with van der Waals surface area (Å²) in [7, 11) is 0. The van der Waals surface area contributed by atoms with E-state index >= 15 is 0 Å². The molecule has 0 aliphatic carbocycles. The standard InChI is InChI=1S/C22H17BrFN3O2S/c1-13-10-14(6-7-15(13)24)25-21(28)12-27-18-5-3-2-4-16(18)26-17(11-22(27)29)19-8-9-20(23)30-19/h2-10H,11-12H2,1H3,(H,25,28). The lowest BCUT2D eigenvalue weighted by Gasteiger charge is -2.22. The van der Waals surface area contributed by atoms with Crippen LogP contribution in [0.2, 0.25) is 0 Å². The largest absolute Gasteiger partial charge is 0.325 e. The van der Waals surface area contributed by atoms with Gasteiger partial charge in [0.25, 0.3) is 0 Å². The van der Waals surface area contributed by atoms with E-state index in [1.807, 2.05) is 30.3 Å². The summed E-state index contributed by atoms with van der Waals surface area (Å²) in [6, 6.07) is 15.4. The number of hydrogen-bond donors (Lipinski definition) is 1. The van der Waals surface area contributed by atoms with Gasteiger partial charge >= 0.3 is 0 Å². The van der Waals surface area contributed by atoms with E-state index in [0.29, 0.717) is 28.3 Å². The summed E-state index contributed by atoms with van der Waals surface area (Å²) in [6.45, 7) is 1.46. The number of fused-ring (bicyclic) bond motifs is 1. The van der Waals surface area contributed by atoms with Gasteiger partial charge in [-0.1, -0.05) is 12.1 Å². The SMILES string of the molecule is Cc1cc(NC(=O)CN2C(=O)CC(c3ccc(Br)s3)=Nc3ccccc32)ccc1F. The Balaban J connectivity index is 1.59. The van der Waals surface area contributed by atoms with Crippen molar-refractivity contribution in [2.24, 2.45) is 4.99 Å². The van der Waals surface area contributed by atoms with Crippen LogP contribution in [0, 0.1) is 12.7 Å². The average molecular weight is 486 g/mol. The summed E-state index contributed by atoms with van der Waals surface area (Å²) in [5.41, 5.74) is 2.80. The van der Waals surface area contributed by atoms with E-state index in [4.69, 9.17) is 4.99 Å². The van der Waals surface area contributed by atoms with Gasteiger partial charge in [0.15, 0.2) is 0 Å². The highest BCUT2D eigenvalue weighted by molar-refractivity contribution is 9.11. The van der Waals surface area contributed by atoms with E-state index in [2.05, 4.69) is 21.2 Å². The van der Waals surface area contributed by atoms with Crippen molar-refractivity contribution in [2.75, 3.05) is 16.8 Å². The molecule has 8 heteroatoms. The second-order valence-corrected chi connectivity index (χ2v) is 9.28. The van der Waals surface area contributed by atoms with Gasteiger partial charge in [-0.2, -0.15) is 0 Å². The number of benzene rings is 2. The minimum atomic E-state index is -0.369. The summed E-state index contributed by atoms with van der Waals surface area (Å²) in [6.07, 6.45) is 0.0879. The van der Waals surface area contributed by atoms with Crippen LogP contribution in [0.15, 0.2) is 63.4 Å². The minimum absolute atomic E-state index is 0.0879. The van der Waals surface area contributed by atoms with E-state index in [9.17, 15) is 14.0 Å². The quantitative estimate of drug-likeness (QED) is 0.533. The number of carbonyl (C=O) groups excluding carboxylic acids is 2. The second-order valence-electron chi connectivity index (χ2n) is 6.82. The number of amides is 2. The molecule has 1 aromatic heterocycles. The maximum absolute atomic E-state index is 13.5. The van der Waals surface area contributed by atoms with E-state index in [1.54, 1.807) is 19.1 Å². The third-order valence-corrected chi connectivity index (χ3v) is 6.32. The van der Waals surface area contributed by atoms with Crippen LogP contribution >= 0.6 is 27.3 Å². The molecule has 2 heterocycles. The molecule has 0 spiro atoms. The summed E-state index contributed by atoms with van der Waals surface area (Å²) in [5, 5.41) is 2.73. The van der Waals surface area contributed by atoms with E-state index < -0.39 is 0 Å². The number of rotatable bonds is 4. The number of para-hydroxylation sites is 2. The first kappa shape index (κ1) is 20.4. The maximum Gasteiger partial charge on any atom is 0.244 e. The minimum Gasteiger partial charge on any atom is -0.325 e. The van der Waals surface area contributed by atoms with Crippen LogP contribution in [0.4, 0.5) is 21.5 Å². The Labute approximate surface area is 185 Å². The van der Waals surface area contributed by atoms with Crippen molar-refractivity contribution >= 4 is 61.9 Å². The molecule has 0 unspecified atom stereocenters. The Morgan fingerprint density at radius 1 is 1.23 bits per heavy atom. The van der Waals surface area contributed by atoms with Crippen molar-refractivity contribution in [1.29, 1.82) is 0 Å². The predicted molar refractivity (Wildman–Crippen MR) is 121 cm³/mol. The molecule has 2 aromatic carbocycles. The topological polar surface area (TPSA) is 61.8 Å². The second kappa shape index (κ2) is 8.49. The fourth-order valence-electron chi connectivity index (χ4n) is 3.20. The monoisotopic (exact) mass is 485 g/mol. The Morgan fingerprint density at radius 3 is 2.77 bits per heavy atom. The van der Waals surface area contributed by atoms with E-state index in [0.717, 1.165) is 8.66 Å². The molecule has 0 saturated carbocycles. The van der Waals surface area contributed by atoms with Crippen molar-refractivity contribution in [1.82, 2.24) is 0 Å².